The summed E-state index contributed by atoms with van der Waals surface area (Å²) in [5.41, 5.74) is 0.796. The maximum atomic E-state index is 13.1. The Kier molecular flexibility index (Phi) is 6.91. The predicted octanol–water partition coefficient (Wildman–Crippen LogP) is 1.38. The van der Waals surface area contributed by atoms with Gasteiger partial charge in [-0.25, -0.2) is 4.39 Å². The van der Waals surface area contributed by atoms with Gasteiger partial charge in [-0.1, -0.05) is 12.1 Å². The molecular formula is C18H23FN2O4. The molecule has 7 heteroatoms. The van der Waals surface area contributed by atoms with Crippen LogP contribution in [0, 0.1) is 5.82 Å². The number of halogens is 1. The number of rotatable bonds is 6. The van der Waals surface area contributed by atoms with Gasteiger partial charge in [-0.3, -0.25) is 14.4 Å². The number of nitrogens with zero attached hydrogens (tertiary/aromatic N) is 2. The first-order valence-electron chi connectivity index (χ1n) is 8.36. The van der Waals surface area contributed by atoms with E-state index in [9.17, 15) is 18.8 Å². The zero-order valence-electron chi connectivity index (χ0n) is 14.4. The molecule has 1 fully saturated rings. The fourth-order valence-corrected chi connectivity index (χ4v) is 2.78. The third-order valence-electron chi connectivity index (χ3n) is 4.27. The molecule has 0 saturated carbocycles. The fourth-order valence-electron chi connectivity index (χ4n) is 2.78. The van der Waals surface area contributed by atoms with Crippen LogP contribution in [-0.2, 0) is 25.5 Å². The molecule has 1 aromatic carbocycles. The Bertz CT molecular complexity index is 627. The van der Waals surface area contributed by atoms with Crippen molar-refractivity contribution >= 4 is 17.8 Å². The molecule has 1 saturated heterocycles. The average molecular weight is 350 g/mol. The molecule has 1 aliphatic rings. The largest absolute Gasteiger partial charge is 0.469 e. The molecule has 0 aliphatic carbocycles. The molecule has 0 aromatic heterocycles. The van der Waals surface area contributed by atoms with Crippen molar-refractivity contribution in [3.05, 3.63) is 35.6 Å². The lowest BCUT2D eigenvalue weighted by molar-refractivity contribution is -0.144. The SMILES string of the molecule is COC(=O)CCC(=O)N1CCN(C(=O)CCc2cccc(F)c2)CC1. The summed E-state index contributed by atoms with van der Waals surface area (Å²) in [5.74, 6) is -0.799. The number of hydrogen-bond acceptors (Lipinski definition) is 4. The third kappa shape index (κ3) is 5.85. The van der Waals surface area contributed by atoms with Crippen molar-refractivity contribution in [2.24, 2.45) is 0 Å². The van der Waals surface area contributed by atoms with Crippen LogP contribution in [-0.4, -0.2) is 60.9 Å². The Labute approximate surface area is 146 Å². The van der Waals surface area contributed by atoms with Crippen LogP contribution in [0.3, 0.4) is 0 Å². The highest BCUT2D eigenvalue weighted by molar-refractivity contribution is 5.82. The summed E-state index contributed by atoms with van der Waals surface area (Å²) < 4.78 is 17.7. The Balaban J connectivity index is 1.72. The number of benzene rings is 1. The maximum absolute atomic E-state index is 13.1. The van der Waals surface area contributed by atoms with E-state index in [1.165, 1.54) is 19.2 Å². The molecule has 6 nitrogen and oxygen atoms in total. The van der Waals surface area contributed by atoms with Crippen molar-refractivity contribution in [3.63, 3.8) is 0 Å². The molecule has 2 amide bonds. The van der Waals surface area contributed by atoms with Gasteiger partial charge in [0, 0.05) is 39.0 Å². The van der Waals surface area contributed by atoms with Gasteiger partial charge in [-0.05, 0) is 24.1 Å². The van der Waals surface area contributed by atoms with E-state index in [2.05, 4.69) is 4.74 Å². The van der Waals surface area contributed by atoms with Gasteiger partial charge >= 0.3 is 5.97 Å². The lowest BCUT2D eigenvalue weighted by Crippen LogP contribution is -2.50. The highest BCUT2D eigenvalue weighted by Gasteiger charge is 2.24. The first kappa shape index (κ1) is 18.9. The van der Waals surface area contributed by atoms with Gasteiger partial charge in [0.05, 0.1) is 13.5 Å². The molecule has 0 unspecified atom stereocenters. The molecule has 136 valence electrons. The fraction of sp³-hybridized carbons (Fsp3) is 0.500. The minimum Gasteiger partial charge on any atom is -0.469 e. The molecular weight excluding hydrogens is 327 g/mol. The van der Waals surface area contributed by atoms with E-state index in [-0.39, 0.29) is 30.5 Å². The van der Waals surface area contributed by atoms with Crippen LogP contribution < -0.4 is 0 Å². The van der Waals surface area contributed by atoms with Crippen LogP contribution in [0.15, 0.2) is 24.3 Å². The molecule has 0 atom stereocenters. The van der Waals surface area contributed by atoms with Crippen LogP contribution in [0.2, 0.25) is 0 Å². The van der Waals surface area contributed by atoms with Crippen molar-refractivity contribution < 1.29 is 23.5 Å². The normalized spacial score (nSPS) is 14.3. The Hall–Kier alpha value is -2.44. The van der Waals surface area contributed by atoms with Gasteiger partial charge in [-0.15, -0.1) is 0 Å². The zero-order chi connectivity index (χ0) is 18.2. The van der Waals surface area contributed by atoms with Gasteiger partial charge in [0.2, 0.25) is 11.8 Å². The monoisotopic (exact) mass is 350 g/mol. The first-order chi connectivity index (χ1) is 12.0. The van der Waals surface area contributed by atoms with E-state index in [0.29, 0.717) is 39.0 Å². The number of esters is 1. The van der Waals surface area contributed by atoms with Crippen LogP contribution in [0.5, 0.6) is 0 Å². The average Bonchev–Trinajstić information content (AvgIpc) is 2.64. The van der Waals surface area contributed by atoms with Gasteiger partial charge in [0.25, 0.3) is 0 Å². The van der Waals surface area contributed by atoms with E-state index in [0.717, 1.165) is 5.56 Å². The Morgan fingerprint density at radius 1 is 1.00 bits per heavy atom. The topological polar surface area (TPSA) is 66.9 Å². The number of hydrogen-bond donors (Lipinski definition) is 0. The summed E-state index contributed by atoms with van der Waals surface area (Å²) in [7, 11) is 1.29. The summed E-state index contributed by atoms with van der Waals surface area (Å²) >= 11 is 0. The Morgan fingerprint density at radius 3 is 2.16 bits per heavy atom. The van der Waals surface area contributed by atoms with Gasteiger partial charge < -0.3 is 14.5 Å². The third-order valence-corrected chi connectivity index (χ3v) is 4.27. The maximum Gasteiger partial charge on any atom is 0.306 e. The highest BCUT2D eigenvalue weighted by Crippen LogP contribution is 2.10. The van der Waals surface area contributed by atoms with Crippen molar-refractivity contribution in [1.82, 2.24) is 9.80 Å². The Morgan fingerprint density at radius 2 is 1.60 bits per heavy atom. The first-order valence-corrected chi connectivity index (χ1v) is 8.36. The molecule has 25 heavy (non-hydrogen) atoms. The number of amides is 2. The molecule has 0 spiro atoms. The molecule has 1 aliphatic heterocycles. The van der Waals surface area contributed by atoms with E-state index in [4.69, 9.17) is 0 Å². The number of carbonyl (C=O) groups is 3. The second kappa shape index (κ2) is 9.15. The van der Waals surface area contributed by atoms with E-state index >= 15 is 0 Å². The van der Waals surface area contributed by atoms with Crippen molar-refractivity contribution in [2.75, 3.05) is 33.3 Å². The number of piperazine rings is 1. The van der Waals surface area contributed by atoms with Crippen LogP contribution in [0.25, 0.3) is 0 Å². The molecule has 1 heterocycles. The molecule has 0 radical (unpaired) electrons. The van der Waals surface area contributed by atoms with Crippen molar-refractivity contribution in [3.8, 4) is 0 Å². The molecule has 2 rings (SSSR count). The standard InChI is InChI=1S/C18H23FN2O4/c1-25-18(24)8-7-17(23)21-11-9-20(10-12-21)16(22)6-5-14-3-2-4-15(19)13-14/h2-4,13H,5-12H2,1H3. The summed E-state index contributed by atoms with van der Waals surface area (Å²) in [6, 6.07) is 6.25. The van der Waals surface area contributed by atoms with Crippen LogP contribution in [0.4, 0.5) is 4.39 Å². The summed E-state index contributed by atoms with van der Waals surface area (Å²) in [4.78, 5) is 38.7. The quantitative estimate of drug-likeness (QED) is 0.727. The number of methoxy groups -OCH3 is 1. The number of carbonyl (C=O) groups excluding carboxylic acids is 3. The van der Waals surface area contributed by atoms with E-state index in [1.807, 2.05) is 0 Å². The predicted molar refractivity (Wildman–Crippen MR) is 89.1 cm³/mol. The van der Waals surface area contributed by atoms with E-state index < -0.39 is 5.97 Å². The van der Waals surface area contributed by atoms with Crippen molar-refractivity contribution in [1.29, 1.82) is 0 Å². The number of ether oxygens (including phenoxy) is 1. The van der Waals surface area contributed by atoms with Crippen LogP contribution >= 0.6 is 0 Å². The lowest BCUT2D eigenvalue weighted by atomic mass is 10.1. The minimum atomic E-state index is -0.403. The smallest absolute Gasteiger partial charge is 0.306 e. The van der Waals surface area contributed by atoms with Crippen molar-refractivity contribution in [2.45, 2.75) is 25.7 Å². The van der Waals surface area contributed by atoms with Gasteiger partial charge in [0.15, 0.2) is 0 Å². The molecule has 1 aromatic rings. The molecule has 0 N–H and O–H groups in total. The lowest BCUT2D eigenvalue weighted by Gasteiger charge is -2.35. The van der Waals surface area contributed by atoms with Gasteiger partial charge in [0.1, 0.15) is 5.82 Å². The minimum absolute atomic E-state index is 0.00548. The zero-order valence-corrected chi connectivity index (χ0v) is 14.4. The van der Waals surface area contributed by atoms with E-state index in [1.54, 1.807) is 21.9 Å². The highest BCUT2D eigenvalue weighted by atomic mass is 19.1. The summed E-state index contributed by atoms with van der Waals surface area (Å²) in [6.07, 6.45) is 1.01. The number of aryl methyl sites for hydroxylation is 1. The summed E-state index contributed by atoms with van der Waals surface area (Å²) in [5, 5.41) is 0. The summed E-state index contributed by atoms with van der Waals surface area (Å²) in [6.45, 7) is 1.88. The van der Waals surface area contributed by atoms with Gasteiger partial charge in [-0.2, -0.15) is 0 Å². The second-order valence-corrected chi connectivity index (χ2v) is 5.97. The second-order valence-electron chi connectivity index (χ2n) is 5.97. The van der Waals surface area contributed by atoms with Crippen LogP contribution in [0.1, 0.15) is 24.8 Å². The molecule has 0 bridgehead atoms.